The summed E-state index contributed by atoms with van der Waals surface area (Å²) < 4.78 is 24.9. The number of para-hydroxylation sites is 1. The van der Waals surface area contributed by atoms with Crippen molar-refractivity contribution in [2.45, 2.75) is 57.3 Å². The molecule has 0 aromatic heterocycles. The van der Waals surface area contributed by atoms with Crippen LogP contribution in [0.3, 0.4) is 0 Å². The van der Waals surface area contributed by atoms with Crippen molar-refractivity contribution in [2.75, 3.05) is 33.9 Å². The minimum atomic E-state index is -0.907. The Morgan fingerprint density at radius 2 is 1.79 bits per heavy atom. The number of nitrogens with zero attached hydrogens (tertiary/aromatic N) is 1. The Balaban J connectivity index is 1.85. The molecule has 0 saturated carbocycles. The molecule has 4 atom stereocenters. The Hall–Kier alpha value is -3.50. The van der Waals surface area contributed by atoms with Gasteiger partial charge in [0.25, 0.3) is 0 Å². The number of carbonyl (C=O) groups excluding carboxylic acids is 3. The second kappa shape index (κ2) is 14.6. The normalized spacial score (nSPS) is 22.9. The van der Waals surface area contributed by atoms with Gasteiger partial charge in [-0.3, -0.25) is 14.4 Å². The molecule has 212 valence electrons. The van der Waals surface area contributed by atoms with Gasteiger partial charge in [-0.05, 0) is 56.0 Å². The van der Waals surface area contributed by atoms with Crippen molar-refractivity contribution in [2.24, 2.45) is 0 Å². The highest BCUT2D eigenvalue weighted by Crippen LogP contribution is 2.19. The fraction of sp³-hybridized carbons (Fsp3) is 0.483. The molecule has 1 heterocycles. The predicted octanol–water partition coefficient (Wildman–Crippen LogP) is 1.83. The number of aryl methyl sites for hydroxylation is 1. The molecule has 10 heteroatoms. The van der Waals surface area contributed by atoms with Crippen LogP contribution < -0.4 is 20.7 Å². The molecule has 3 rings (SSSR count). The number of fused-ring (bicyclic) bond motifs is 1. The summed E-state index contributed by atoms with van der Waals surface area (Å²) in [6.45, 7) is 4.50. The van der Waals surface area contributed by atoms with E-state index in [4.69, 9.17) is 9.47 Å². The fourth-order valence-corrected chi connectivity index (χ4v) is 4.37. The van der Waals surface area contributed by atoms with Gasteiger partial charge >= 0.3 is 0 Å². The first-order valence-electron chi connectivity index (χ1n) is 13.3. The van der Waals surface area contributed by atoms with Crippen LogP contribution in [0.1, 0.15) is 31.4 Å². The maximum Gasteiger partial charge on any atom is 0.243 e. The van der Waals surface area contributed by atoms with Crippen molar-refractivity contribution in [1.29, 1.82) is 0 Å². The minimum absolute atomic E-state index is 0.170. The quantitative estimate of drug-likeness (QED) is 0.544. The lowest BCUT2D eigenvalue weighted by Crippen LogP contribution is -2.58. The lowest BCUT2D eigenvalue weighted by molar-refractivity contribution is -0.143. The number of benzene rings is 2. The zero-order valence-corrected chi connectivity index (χ0v) is 23.0. The first kappa shape index (κ1) is 30.0. The van der Waals surface area contributed by atoms with Gasteiger partial charge in [-0.2, -0.15) is 0 Å². The second-order valence-corrected chi connectivity index (χ2v) is 9.74. The monoisotopic (exact) mass is 542 g/mol. The lowest BCUT2D eigenvalue weighted by Gasteiger charge is -2.32. The van der Waals surface area contributed by atoms with Crippen LogP contribution in [-0.4, -0.2) is 80.7 Å². The van der Waals surface area contributed by atoms with Gasteiger partial charge in [-0.1, -0.05) is 30.3 Å². The van der Waals surface area contributed by atoms with Crippen molar-refractivity contribution in [3.05, 3.63) is 65.5 Å². The molecule has 0 bridgehead atoms. The van der Waals surface area contributed by atoms with E-state index < -0.39 is 30.1 Å². The van der Waals surface area contributed by atoms with Gasteiger partial charge in [-0.25, -0.2) is 4.39 Å². The van der Waals surface area contributed by atoms with Crippen LogP contribution in [0.25, 0.3) is 0 Å². The average Bonchev–Trinajstić information content (AvgIpc) is 2.94. The lowest BCUT2D eigenvalue weighted by atomic mass is 10.0. The van der Waals surface area contributed by atoms with Crippen LogP contribution in [-0.2, 0) is 32.0 Å². The zero-order valence-electron chi connectivity index (χ0n) is 23.0. The van der Waals surface area contributed by atoms with Crippen LogP contribution in [0, 0.1) is 5.82 Å². The predicted molar refractivity (Wildman–Crippen MR) is 146 cm³/mol. The number of amides is 3. The Morgan fingerprint density at radius 1 is 1.08 bits per heavy atom. The summed E-state index contributed by atoms with van der Waals surface area (Å²) in [4.78, 5) is 41.2. The summed E-state index contributed by atoms with van der Waals surface area (Å²) in [7, 11) is 3.07. The smallest absolute Gasteiger partial charge is 0.243 e. The van der Waals surface area contributed by atoms with Crippen LogP contribution in [0.5, 0.6) is 5.75 Å². The standard InChI is InChI=1S/C29H39FN4O5/c1-19-27(35)33-24(18-21-11-13-23(30)14-12-21)28(36)32-15-7-9-22-8-5-6-10-25(22)39-17-16-31-26(20(2)38-4)29(37)34(19)3/h5-6,8,10-14,19-20,24,26,31H,7,9,15-18H2,1-4H3,(H,32,36)(H,33,35)/t19-,20?,24-,26+/m1/s1. The molecule has 3 N–H and O–H groups in total. The molecule has 1 aliphatic rings. The zero-order chi connectivity index (χ0) is 28.4. The summed E-state index contributed by atoms with van der Waals surface area (Å²) in [5.74, 6) is -0.791. The third kappa shape index (κ3) is 8.49. The summed E-state index contributed by atoms with van der Waals surface area (Å²) in [5, 5.41) is 8.91. The molecule has 3 amide bonds. The van der Waals surface area contributed by atoms with E-state index >= 15 is 0 Å². The first-order chi connectivity index (χ1) is 18.7. The van der Waals surface area contributed by atoms with Gasteiger partial charge in [0.1, 0.15) is 36.3 Å². The summed E-state index contributed by atoms with van der Waals surface area (Å²) in [6, 6.07) is 11.0. The molecule has 1 aliphatic heterocycles. The molecule has 0 fully saturated rings. The Bertz CT molecular complexity index is 1110. The molecular weight excluding hydrogens is 503 g/mol. The van der Waals surface area contributed by atoms with Crippen molar-refractivity contribution in [1.82, 2.24) is 20.9 Å². The highest BCUT2D eigenvalue weighted by atomic mass is 19.1. The molecular formula is C29H39FN4O5. The number of rotatable bonds is 4. The van der Waals surface area contributed by atoms with E-state index in [0.29, 0.717) is 38.1 Å². The van der Waals surface area contributed by atoms with Gasteiger partial charge < -0.3 is 30.3 Å². The van der Waals surface area contributed by atoms with Crippen LogP contribution in [0.4, 0.5) is 4.39 Å². The number of likely N-dealkylation sites (N-methyl/N-ethyl adjacent to an activating group) is 1. The molecule has 39 heavy (non-hydrogen) atoms. The summed E-state index contributed by atoms with van der Waals surface area (Å²) in [5.41, 5.74) is 1.70. The molecule has 0 radical (unpaired) electrons. The van der Waals surface area contributed by atoms with Gasteiger partial charge in [0, 0.05) is 33.7 Å². The number of ether oxygens (including phenoxy) is 2. The molecule has 0 saturated heterocycles. The van der Waals surface area contributed by atoms with Gasteiger partial charge in [0.05, 0.1) is 6.10 Å². The van der Waals surface area contributed by atoms with Crippen LogP contribution in [0.15, 0.2) is 48.5 Å². The maximum atomic E-state index is 13.4. The minimum Gasteiger partial charge on any atom is -0.492 e. The van der Waals surface area contributed by atoms with E-state index in [2.05, 4.69) is 16.0 Å². The molecule has 0 aliphatic carbocycles. The fourth-order valence-electron chi connectivity index (χ4n) is 4.37. The van der Waals surface area contributed by atoms with Crippen molar-refractivity contribution >= 4 is 17.7 Å². The van der Waals surface area contributed by atoms with Gasteiger partial charge in [-0.15, -0.1) is 0 Å². The highest BCUT2D eigenvalue weighted by Gasteiger charge is 2.33. The van der Waals surface area contributed by atoms with E-state index in [9.17, 15) is 18.8 Å². The average molecular weight is 543 g/mol. The van der Waals surface area contributed by atoms with E-state index in [1.54, 1.807) is 33.0 Å². The van der Waals surface area contributed by atoms with Gasteiger partial charge in [0.2, 0.25) is 17.7 Å². The molecule has 1 unspecified atom stereocenters. The Kier molecular flexibility index (Phi) is 11.2. The highest BCUT2D eigenvalue weighted by molar-refractivity contribution is 5.93. The first-order valence-corrected chi connectivity index (χ1v) is 13.3. The van der Waals surface area contributed by atoms with E-state index in [0.717, 1.165) is 11.3 Å². The van der Waals surface area contributed by atoms with E-state index in [1.165, 1.54) is 24.1 Å². The summed E-state index contributed by atoms with van der Waals surface area (Å²) >= 11 is 0. The number of carbonyl (C=O) groups is 3. The number of methoxy groups -OCH3 is 1. The third-order valence-electron chi connectivity index (χ3n) is 7.02. The Labute approximate surface area is 229 Å². The molecule has 9 nitrogen and oxygen atoms in total. The van der Waals surface area contributed by atoms with Crippen molar-refractivity contribution in [3.63, 3.8) is 0 Å². The topological polar surface area (TPSA) is 109 Å². The largest absolute Gasteiger partial charge is 0.492 e. The number of nitrogens with one attached hydrogen (secondary N) is 3. The number of hydrogen-bond donors (Lipinski definition) is 3. The maximum absolute atomic E-state index is 13.4. The van der Waals surface area contributed by atoms with Crippen LogP contribution >= 0.6 is 0 Å². The molecule has 2 aromatic rings. The van der Waals surface area contributed by atoms with Gasteiger partial charge in [0.15, 0.2) is 0 Å². The second-order valence-electron chi connectivity index (χ2n) is 9.74. The molecule has 2 aromatic carbocycles. The molecule has 0 spiro atoms. The van der Waals surface area contributed by atoms with Crippen molar-refractivity contribution in [3.8, 4) is 5.75 Å². The van der Waals surface area contributed by atoms with E-state index in [1.807, 2.05) is 24.3 Å². The number of halogens is 1. The SMILES string of the molecule is COC(C)[C@@H]1NCCOc2ccccc2CCCNC(=O)[C@@H](Cc2ccc(F)cc2)NC(=O)[C@@H](C)N(C)C1=O. The Morgan fingerprint density at radius 3 is 2.51 bits per heavy atom. The third-order valence-corrected chi connectivity index (χ3v) is 7.02. The van der Waals surface area contributed by atoms with Crippen molar-refractivity contribution < 1.29 is 28.2 Å². The number of hydrogen-bond acceptors (Lipinski definition) is 6. The van der Waals surface area contributed by atoms with E-state index in [-0.39, 0.29) is 24.1 Å². The van der Waals surface area contributed by atoms with Crippen LogP contribution in [0.2, 0.25) is 0 Å². The summed E-state index contributed by atoms with van der Waals surface area (Å²) in [6.07, 6.45) is 1.06.